The van der Waals surface area contributed by atoms with E-state index in [0.717, 1.165) is 15.4 Å². The predicted molar refractivity (Wildman–Crippen MR) is 115 cm³/mol. The van der Waals surface area contributed by atoms with E-state index < -0.39 is 10.0 Å². The lowest BCUT2D eigenvalue weighted by atomic mass is 10.0. The van der Waals surface area contributed by atoms with E-state index in [-0.39, 0.29) is 29.9 Å². The lowest BCUT2D eigenvalue weighted by molar-refractivity contribution is -0.123. The van der Waals surface area contributed by atoms with Crippen molar-refractivity contribution in [1.29, 1.82) is 0 Å². The quantitative estimate of drug-likeness (QED) is 0.681. The van der Waals surface area contributed by atoms with Gasteiger partial charge >= 0.3 is 0 Å². The van der Waals surface area contributed by atoms with Crippen LogP contribution in [0.1, 0.15) is 36.5 Å². The first-order valence-electron chi connectivity index (χ1n) is 9.24. The molecule has 0 unspecified atom stereocenters. The molecule has 6 nitrogen and oxygen atoms in total. The monoisotopic (exact) mass is 438 g/mol. The Labute approximate surface area is 177 Å². The van der Waals surface area contributed by atoms with Crippen molar-refractivity contribution in [3.05, 3.63) is 58.1 Å². The Balaban J connectivity index is 2.05. The first-order chi connectivity index (χ1) is 13.5. The normalized spacial score (nSPS) is 11.7. The van der Waals surface area contributed by atoms with Crippen LogP contribution in [0.3, 0.4) is 0 Å². The molecule has 0 aliphatic carbocycles. The van der Waals surface area contributed by atoms with Gasteiger partial charge in [-0.3, -0.25) is 4.79 Å². The van der Waals surface area contributed by atoms with E-state index in [4.69, 9.17) is 16.3 Å². The highest BCUT2D eigenvalue weighted by Crippen LogP contribution is 2.31. The summed E-state index contributed by atoms with van der Waals surface area (Å²) in [6.45, 7) is 5.84. The van der Waals surface area contributed by atoms with Crippen molar-refractivity contribution in [3.8, 4) is 5.75 Å². The molecule has 0 atom stereocenters. The van der Waals surface area contributed by atoms with Crippen LogP contribution in [0, 0.1) is 6.92 Å². The van der Waals surface area contributed by atoms with Crippen molar-refractivity contribution in [3.63, 3.8) is 0 Å². The van der Waals surface area contributed by atoms with Gasteiger partial charge in [0.1, 0.15) is 5.75 Å². The van der Waals surface area contributed by atoms with Gasteiger partial charge in [-0.25, -0.2) is 12.7 Å². The fourth-order valence-electron chi connectivity index (χ4n) is 2.75. The minimum absolute atomic E-state index is 0.0856. The minimum atomic E-state index is -3.60. The number of amides is 1. The van der Waals surface area contributed by atoms with Crippen molar-refractivity contribution in [2.45, 2.75) is 38.1 Å². The molecule has 2 rings (SSSR count). The number of nitrogens with one attached hydrogen (secondary N) is 1. The second-order valence-corrected chi connectivity index (χ2v) is 9.78. The number of aryl methyl sites for hydroxylation is 1. The number of ether oxygens (including phenoxy) is 1. The van der Waals surface area contributed by atoms with E-state index in [2.05, 4.69) is 5.32 Å². The van der Waals surface area contributed by atoms with Crippen LogP contribution in [0.4, 0.5) is 0 Å². The van der Waals surface area contributed by atoms with Crippen LogP contribution in [-0.2, 0) is 21.4 Å². The van der Waals surface area contributed by atoms with E-state index in [9.17, 15) is 13.2 Å². The molecule has 2 aromatic rings. The zero-order valence-electron chi connectivity index (χ0n) is 17.3. The van der Waals surface area contributed by atoms with Crippen LogP contribution in [0.2, 0.25) is 5.02 Å². The van der Waals surface area contributed by atoms with Crippen molar-refractivity contribution in [1.82, 2.24) is 9.62 Å². The van der Waals surface area contributed by atoms with Gasteiger partial charge in [0.2, 0.25) is 10.0 Å². The molecular weight excluding hydrogens is 412 g/mol. The van der Waals surface area contributed by atoms with Crippen LogP contribution >= 0.6 is 11.6 Å². The molecule has 0 saturated carbocycles. The van der Waals surface area contributed by atoms with Gasteiger partial charge in [0.15, 0.2) is 6.61 Å². The summed E-state index contributed by atoms with van der Waals surface area (Å²) in [5.74, 6) is 0.487. The molecule has 2 aromatic carbocycles. The second kappa shape index (κ2) is 9.61. The Kier molecular flexibility index (Phi) is 7.68. The van der Waals surface area contributed by atoms with E-state index in [1.54, 1.807) is 18.2 Å². The third-order valence-electron chi connectivity index (χ3n) is 4.48. The first-order valence-corrected chi connectivity index (χ1v) is 11.1. The fourth-order valence-corrected chi connectivity index (χ4v) is 4.30. The smallest absolute Gasteiger partial charge is 0.258 e. The van der Waals surface area contributed by atoms with E-state index in [0.29, 0.717) is 16.3 Å². The number of hydrogen-bond donors (Lipinski definition) is 1. The molecule has 0 saturated heterocycles. The van der Waals surface area contributed by atoms with Gasteiger partial charge in [0.25, 0.3) is 5.91 Å². The Morgan fingerprint density at radius 3 is 2.48 bits per heavy atom. The zero-order chi connectivity index (χ0) is 21.8. The van der Waals surface area contributed by atoms with Gasteiger partial charge in [-0.15, -0.1) is 0 Å². The maximum Gasteiger partial charge on any atom is 0.258 e. The number of rotatable bonds is 8. The molecule has 8 heteroatoms. The highest BCUT2D eigenvalue weighted by molar-refractivity contribution is 7.89. The summed E-state index contributed by atoms with van der Waals surface area (Å²) in [5, 5.41) is 3.39. The van der Waals surface area contributed by atoms with E-state index >= 15 is 0 Å². The number of carbonyl (C=O) groups is 1. The van der Waals surface area contributed by atoms with Gasteiger partial charge in [-0.05, 0) is 47.7 Å². The highest BCUT2D eigenvalue weighted by Gasteiger charge is 2.21. The molecule has 29 heavy (non-hydrogen) atoms. The Hall–Kier alpha value is -2.09. The van der Waals surface area contributed by atoms with Crippen molar-refractivity contribution in [2.24, 2.45) is 0 Å². The molecule has 1 amide bonds. The predicted octanol–water partition coefficient (Wildman–Crippen LogP) is 3.72. The minimum Gasteiger partial charge on any atom is -0.483 e. The lowest BCUT2D eigenvalue weighted by Gasteiger charge is -2.16. The summed E-state index contributed by atoms with van der Waals surface area (Å²) in [5.41, 5.74) is 2.31. The number of sulfonamides is 1. The van der Waals surface area contributed by atoms with E-state index in [1.807, 2.05) is 32.9 Å². The maximum atomic E-state index is 12.4. The Morgan fingerprint density at radius 1 is 1.21 bits per heavy atom. The van der Waals surface area contributed by atoms with Gasteiger partial charge in [-0.2, -0.15) is 0 Å². The van der Waals surface area contributed by atoms with Gasteiger partial charge in [0, 0.05) is 25.7 Å². The van der Waals surface area contributed by atoms with Crippen LogP contribution in [0.15, 0.2) is 41.3 Å². The van der Waals surface area contributed by atoms with Crippen LogP contribution in [0.5, 0.6) is 5.75 Å². The topological polar surface area (TPSA) is 75.7 Å². The average molecular weight is 439 g/mol. The zero-order valence-corrected chi connectivity index (χ0v) is 18.9. The van der Waals surface area contributed by atoms with E-state index in [1.165, 1.54) is 20.2 Å². The van der Waals surface area contributed by atoms with Crippen LogP contribution in [0.25, 0.3) is 0 Å². The summed E-state index contributed by atoms with van der Waals surface area (Å²) in [4.78, 5) is 12.4. The lowest BCUT2D eigenvalue weighted by Crippen LogP contribution is -2.30. The molecule has 0 fully saturated rings. The highest BCUT2D eigenvalue weighted by atomic mass is 35.5. The number of carbonyl (C=O) groups excluding carboxylic acids is 1. The Bertz CT molecular complexity index is 988. The Morgan fingerprint density at radius 2 is 1.86 bits per heavy atom. The van der Waals surface area contributed by atoms with Crippen LogP contribution < -0.4 is 10.1 Å². The summed E-state index contributed by atoms with van der Waals surface area (Å²) in [6, 6.07) is 10.3. The standard InChI is InChI=1S/C21H27ClN2O4S/c1-14(2)17-11-19(15(3)10-18(17)22)28-13-21(25)23-12-16-8-6-7-9-20(16)29(26,27)24(4)5/h6-11,14H,12-13H2,1-5H3,(H,23,25). The number of benzene rings is 2. The molecule has 158 valence electrons. The fraction of sp³-hybridized carbons (Fsp3) is 0.381. The van der Waals surface area contributed by atoms with Gasteiger partial charge in [0.05, 0.1) is 4.90 Å². The number of hydrogen-bond acceptors (Lipinski definition) is 4. The molecule has 0 aliphatic rings. The molecule has 0 radical (unpaired) electrons. The molecule has 0 bridgehead atoms. The van der Waals surface area contributed by atoms with Crippen molar-refractivity contribution < 1.29 is 17.9 Å². The molecule has 0 spiro atoms. The molecule has 1 N–H and O–H groups in total. The largest absolute Gasteiger partial charge is 0.483 e. The average Bonchev–Trinajstić information content (AvgIpc) is 2.65. The molecule has 0 heterocycles. The third-order valence-corrected chi connectivity index (χ3v) is 6.73. The van der Waals surface area contributed by atoms with Crippen molar-refractivity contribution in [2.75, 3.05) is 20.7 Å². The second-order valence-electron chi connectivity index (χ2n) is 7.25. The number of nitrogens with zero attached hydrogens (tertiary/aromatic N) is 1. The van der Waals surface area contributed by atoms with Crippen LogP contribution in [-0.4, -0.2) is 39.3 Å². The number of halogens is 1. The molecule has 0 aliphatic heterocycles. The third kappa shape index (κ3) is 5.72. The summed E-state index contributed by atoms with van der Waals surface area (Å²) >= 11 is 6.26. The van der Waals surface area contributed by atoms with Gasteiger partial charge < -0.3 is 10.1 Å². The van der Waals surface area contributed by atoms with Gasteiger partial charge in [-0.1, -0.05) is 43.6 Å². The molecular formula is C21H27ClN2O4S. The summed E-state index contributed by atoms with van der Waals surface area (Å²) in [6.07, 6.45) is 0. The summed E-state index contributed by atoms with van der Waals surface area (Å²) < 4.78 is 31.7. The molecule has 0 aromatic heterocycles. The first kappa shape index (κ1) is 23.2. The maximum absolute atomic E-state index is 12.4. The SMILES string of the molecule is Cc1cc(Cl)c(C(C)C)cc1OCC(=O)NCc1ccccc1S(=O)(=O)N(C)C. The summed E-state index contributed by atoms with van der Waals surface area (Å²) in [7, 11) is -0.654. The van der Waals surface area contributed by atoms with Crippen molar-refractivity contribution >= 4 is 27.5 Å².